The van der Waals surface area contributed by atoms with Crippen LogP contribution in [0.25, 0.3) is 0 Å². The minimum atomic E-state index is -4.38. The summed E-state index contributed by atoms with van der Waals surface area (Å²) in [7, 11) is -4.38. The standard InChI is InChI=1S/C10H14FNO2S/c1-2-12(8-9-15(11,13)14)10-6-4-3-5-7-10/h3-7H,2,8-9H2,1H3. The van der Waals surface area contributed by atoms with Crippen LogP contribution in [0.4, 0.5) is 9.57 Å². The molecule has 15 heavy (non-hydrogen) atoms. The normalized spacial score (nSPS) is 11.3. The van der Waals surface area contributed by atoms with Crippen LogP contribution in [0.5, 0.6) is 0 Å². The molecule has 0 unspecified atom stereocenters. The molecule has 0 spiro atoms. The molecule has 1 rings (SSSR count). The highest BCUT2D eigenvalue weighted by atomic mass is 32.3. The molecule has 0 bridgehead atoms. The fraction of sp³-hybridized carbons (Fsp3) is 0.400. The number of anilines is 1. The highest BCUT2D eigenvalue weighted by Gasteiger charge is 2.10. The zero-order chi connectivity index (χ0) is 11.3. The molecule has 5 heteroatoms. The number of halogens is 1. The molecule has 0 aliphatic carbocycles. The molecule has 0 radical (unpaired) electrons. The Morgan fingerprint density at radius 3 is 2.33 bits per heavy atom. The van der Waals surface area contributed by atoms with E-state index in [1.165, 1.54) is 0 Å². The number of para-hydroxylation sites is 1. The van der Waals surface area contributed by atoms with E-state index >= 15 is 0 Å². The van der Waals surface area contributed by atoms with Crippen molar-refractivity contribution < 1.29 is 12.3 Å². The summed E-state index contributed by atoms with van der Waals surface area (Å²) in [6.07, 6.45) is 0. The third kappa shape index (κ3) is 4.29. The zero-order valence-electron chi connectivity index (χ0n) is 8.56. The number of nitrogens with zero attached hydrogens (tertiary/aromatic N) is 1. The van der Waals surface area contributed by atoms with Crippen molar-refractivity contribution in [3.63, 3.8) is 0 Å². The highest BCUT2D eigenvalue weighted by Crippen LogP contribution is 2.12. The van der Waals surface area contributed by atoms with E-state index in [4.69, 9.17) is 0 Å². The second-order valence-electron chi connectivity index (χ2n) is 3.16. The van der Waals surface area contributed by atoms with E-state index in [1.54, 1.807) is 0 Å². The van der Waals surface area contributed by atoms with Gasteiger partial charge in [-0.3, -0.25) is 0 Å². The van der Waals surface area contributed by atoms with E-state index < -0.39 is 16.0 Å². The zero-order valence-corrected chi connectivity index (χ0v) is 9.37. The van der Waals surface area contributed by atoms with Gasteiger partial charge in [0, 0.05) is 18.8 Å². The van der Waals surface area contributed by atoms with Crippen molar-refractivity contribution in [3.8, 4) is 0 Å². The van der Waals surface area contributed by atoms with Crippen molar-refractivity contribution in [1.29, 1.82) is 0 Å². The molecule has 0 aromatic heterocycles. The first-order valence-electron chi connectivity index (χ1n) is 4.75. The summed E-state index contributed by atoms with van der Waals surface area (Å²) in [4.78, 5) is 1.82. The van der Waals surface area contributed by atoms with E-state index in [0.29, 0.717) is 6.54 Å². The summed E-state index contributed by atoms with van der Waals surface area (Å²) < 4.78 is 33.1. The van der Waals surface area contributed by atoms with E-state index in [2.05, 4.69) is 0 Å². The van der Waals surface area contributed by atoms with Gasteiger partial charge in [0.1, 0.15) is 0 Å². The van der Waals surface area contributed by atoms with Gasteiger partial charge in [0.25, 0.3) is 0 Å². The minimum Gasteiger partial charge on any atom is -0.371 e. The molecule has 0 fully saturated rings. The molecule has 0 aliphatic rings. The topological polar surface area (TPSA) is 37.4 Å². The average Bonchev–Trinajstić information content (AvgIpc) is 2.19. The maximum Gasteiger partial charge on any atom is 0.304 e. The van der Waals surface area contributed by atoms with Crippen LogP contribution in [0, 0.1) is 0 Å². The summed E-state index contributed by atoms with van der Waals surface area (Å²) in [5.74, 6) is -0.463. The van der Waals surface area contributed by atoms with Gasteiger partial charge in [-0.05, 0) is 19.1 Å². The third-order valence-corrected chi connectivity index (χ3v) is 2.78. The molecule has 0 heterocycles. The lowest BCUT2D eigenvalue weighted by atomic mass is 10.3. The Kier molecular flexibility index (Phi) is 4.08. The van der Waals surface area contributed by atoms with Gasteiger partial charge in [-0.25, -0.2) is 0 Å². The summed E-state index contributed by atoms with van der Waals surface area (Å²) in [5, 5.41) is 0. The van der Waals surface area contributed by atoms with Crippen molar-refractivity contribution in [2.45, 2.75) is 6.92 Å². The van der Waals surface area contributed by atoms with Crippen LogP contribution < -0.4 is 4.90 Å². The summed E-state index contributed by atoms with van der Waals surface area (Å²) in [6, 6.07) is 9.34. The van der Waals surface area contributed by atoms with Gasteiger partial charge in [-0.15, -0.1) is 3.89 Å². The lowest BCUT2D eigenvalue weighted by molar-refractivity contribution is 0.551. The van der Waals surface area contributed by atoms with Gasteiger partial charge >= 0.3 is 10.2 Å². The van der Waals surface area contributed by atoms with Gasteiger partial charge in [-0.2, -0.15) is 8.42 Å². The molecular weight excluding hydrogens is 217 g/mol. The van der Waals surface area contributed by atoms with Gasteiger partial charge in [-0.1, -0.05) is 18.2 Å². The van der Waals surface area contributed by atoms with Crippen molar-refractivity contribution in [3.05, 3.63) is 30.3 Å². The first kappa shape index (κ1) is 12.0. The van der Waals surface area contributed by atoms with Gasteiger partial charge in [0.05, 0.1) is 5.75 Å². The predicted octanol–water partition coefficient (Wildman–Crippen LogP) is 1.81. The Bertz CT molecular complexity index is 391. The molecule has 3 nitrogen and oxygen atoms in total. The molecule has 0 saturated carbocycles. The Labute approximate surface area is 89.7 Å². The van der Waals surface area contributed by atoms with Crippen molar-refractivity contribution in [1.82, 2.24) is 0 Å². The number of benzene rings is 1. The molecule has 1 aromatic carbocycles. The Hall–Kier alpha value is -1.10. The molecule has 1 aromatic rings. The Balaban J connectivity index is 2.66. The number of hydrogen-bond donors (Lipinski definition) is 0. The van der Waals surface area contributed by atoms with Crippen LogP contribution in [0.15, 0.2) is 30.3 Å². The maximum atomic E-state index is 12.3. The summed E-state index contributed by atoms with van der Waals surface area (Å²) in [5.41, 5.74) is 0.906. The van der Waals surface area contributed by atoms with Crippen LogP contribution in [0.2, 0.25) is 0 Å². The molecular formula is C10H14FNO2S. The van der Waals surface area contributed by atoms with Crippen LogP contribution in [0.1, 0.15) is 6.92 Å². The van der Waals surface area contributed by atoms with Crippen molar-refractivity contribution in [2.24, 2.45) is 0 Å². The van der Waals surface area contributed by atoms with Crippen LogP contribution in [-0.2, 0) is 10.2 Å². The van der Waals surface area contributed by atoms with E-state index in [-0.39, 0.29) is 6.54 Å². The fourth-order valence-corrected chi connectivity index (χ4v) is 1.77. The monoisotopic (exact) mass is 231 g/mol. The van der Waals surface area contributed by atoms with Crippen molar-refractivity contribution >= 4 is 15.9 Å². The van der Waals surface area contributed by atoms with E-state index in [9.17, 15) is 12.3 Å². The van der Waals surface area contributed by atoms with Crippen LogP contribution in [0.3, 0.4) is 0 Å². The lowest BCUT2D eigenvalue weighted by Gasteiger charge is -2.21. The fourth-order valence-electron chi connectivity index (χ4n) is 1.33. The second kappa shape index (κ2) is 5.11. The van der Waals surface area contributed by atoms with Gasteiger partial charge in [0.15, 0.2) is 0 Å². The SMILES string of the molecule is CCN(CCS(=O)(=O)F)c1ccccc1. The predicted molar refractivity (Wildman–Crippen MR) is 59.2 cm³/mol. The number of hydrogen-bond acceptors (Lipinski definition) is 3. The quantitative estimate of drug-likeness (QED) is 0.725. The molecule has 84 valence electrons. The minimum absolute atomic E-state index is 0.180. The smallest absolute Gasteiger partial charge is 0.304 e. The number of rotatable bonds is 5. The molecule has 0 amide bonds. The van der Waals surface area contributed by atoms with E-state index in [1.807, 2.05) is 42.2 Å². The highest BCUT2D eigenvalue weighted by molar-refractivity contribution is 7.86. The first-order chi connectivity index (χ1) is 7.03. The van der Waals surface area contributed by atoms with E-state index in [0.717, 1.165) is 5.69 Å². The summed E-state index contributed by atoms with van der Waals surface area (Å²) >= 11 is 0. The largest absolute Gasteiger partial charge is 0.371 e. The van der Waals surface area contributed by atoms with Crippen LogP contribution >= 0.6 is 0 Å². The van der Waals surface area contributed by atoms with Gasteiger partial charge < -0.3 is 4.90 Å². The average molecular weight is 231 g/mol. The molecule has 0 aliphatic heterocycles. The van der Waals surface area contributed by atoms with Crippen LogP contribution in [-0.4, -0.2) is 27.3 Å². The molecule has 0 N–H and O–H groups in total. The lowest BCUT2D eigenvalue weighted by Crippen LogP contribution is -2.27. The van der Waals surface area contributed by atoms with Crippen molar-refractivity contribution in [2.75, 3.05) is 23.7 Å². The Morgan fingerprint density at radius 1 is 1.27 bits per heavy atom. The maximum absolute atomic E-state index is 12.3. The summed E-state index contributed by atoms with van der Waals surface area (Å²) in [6.45, 7) is 2.73. The first-order valence-corrected chi connectivity index (χ1v) is 6.30. The second-order valence-corrected chi connectivity index (χ2v) is 4.64. The molecule has 0 saturated heterocycles. The van der Waals surface area contributed by atoms with Gasteiger partial charge in [0.2, 0.25) is 0 Å². The molecule has 0 atom stereocenters. The Morgan fingerprint density at radius 2 is 1.87 bits per heavy atom. The third-order valence-electron chi connectivity index (χ3n) is 2.11.